The zero-order valence-electron chi connectivity index (χ0n) is 9.51. The van der Waals surface area contributed by atoms with Gasteiger partial charge in [0, 0.05) is 25.4 Å². The molecule has 1 heterocycles. The summed E-state index contributed by atoms with van der Waals surface area (Å²) in [4.78, 5) is 14.9. The molecule has 0 spiro atoms. The highest BCUT2D eigenvalue weighted by atomic mass is 16.5. The Balaban J connectivity index is 2.74. The van der Waals surface area contributed by atoms with E-state index in [0.29, 0.717) is 18.5 Å². The van der Waals surface area contributed by atoms with E-state index >= 15 is 0 Å². The van der Waals surface area contributed by atoms with Crippen LogP contribution in [0.25, 0.3) is 0 Å². The molecule has 0 aliphatic carbocycles. The highest BCUT2D eigenvalue weighted by molar-refractivity contribution is 5.19. The maximum Gasteiger partial charge on any atom is 0.277 e. The van der Waals surface area contributed by atoms with Crippen molar-refractivity contribution >= 4 is 5.95 Å². The second kappa shape index (κ2) is 5.62. The molecule has 3 N–H and O–H groups in total. The SMILES string of the molecule is COC(CO)CCn1cc(C)c(=O)nc1N. The third kappa shape index (κ3) is 3.04. The van der Waals surface area contributed by atoms with Crippen molar-refractivity contribution in [3.63, 3.8) is 0 Å². The molecular formula is C10H17N3O3. The number of rotatable bonds is 5. The summed E-state index contributed by atoms with van der Waals surface area (Å²) < 4.78 is 6.71. The largest absolute Gasteiger partial charge is 0.394 e. The van der Waals surface area contributed by atoms with Crippen LogP contribution in [0, 0.1) is 6.92 Å². The number of nitrogens with zero attached hydrogens (tertiary/aromatic N) is 2. The molecule has 6 nitrogen and oxygen atoms in total. The minimum Gasteiger partial charge on any atom is -0.394 e. The Labute approximate surface area is 93.7 Å². The van der Waals surface area contributed by atoms with Crippen LogP contribution in [0.4, 0.5) is 5.95 Å². The number of aryl methyl sites for hydroxylation is 2. The van der Waals surface area contributed by atoms with Crippen molar-refractivity contribution in [3.05, 3.63) is 22.1 Å². The lowest BCUT2D eigenvalue weighted by Gasteiger charge is -2.14. The number of methoxy groups -OCH3 is 1. The number of aliphatic hydroxyl groups is 1. The van der Waals surface area contributed by atoms with Crippen molar-refractivity contribution < 1.29 is 9.84 Å². The lowest BCUT2D eigenvalue weighted by Crippen LogP contribution is -2.22. The van der Waals surface area contributed by atoms with Gasteiger partial charge in [-0.1, -0.05) is 0 Å². The number of ether oxygens (including phenoxy) is 1. The maximum absolute atomic E-state index is 11.2. The van der Waals surface area contributed by atoms with Crippen LogP contribution >= 0.6 is 0 Å². The summed E-state index contributed by atoms with van der Waals surface area (Å²) in [6, 6.07) is 0. The van der Waals surface area contributed by atoms with Crippen LogP contribution in [0.15, 0.2) is 11.0 Å². The molecule has 0 fully saturated rings. The molecule has 1 rings (SSSR count). The predicted octanol–water partition coefficient (Wildman–Crippen LogP) is -0.469. The summed E-state index contributed by atoms with van der Waals surface area (Å²) in [5.41, 5.74) is 5.85. The third-order valence-corrected chi connectivity index (χ3v) is 2.43. The first-order valence-corrected chi connectivity index (χ1v) is 5.05. The van der Waals surface area contributed by atoms with Crippen molar-refractivity contribution in [1.29, 1.82) is 0 Å². The Morgan fingerprint density at radius 2 is 2.38 bits per heavy atom. The molecule has 1 unspecified atom stereocenters. The molecular weight excluding hydrogens is 210 g/mol. The van der Waals surface area contributed by atoms with Crippen LogP contribution in [-0.4, -0.2) is 34.5 Å². The van der Waals surface area contributed by atoms with Crippen LogP contribution in [0.3, 0.4) is 0 Å². The number of aromatic nitrogens is 2. The topological polar surface area (TPSA) is 90.4 Å². The first-order valence-electron chi connectivity index (χ1n) is 5.05. The third-order valence-electron chi connectivity index (χ3n) is 2.43. The molecule has 0 amide bonds. The average Bonchev–Trinajstić information content (AvgIpc) is 2.26. The van der Waals surface area contributed by atoms with Crippen molar-refractivity contribution in [1.82, 2.24) is 9.55 Å². The van der Waals surface area contributed by atoms with Gasteiger partial charge in [-0.05, 0) is 13.3 Å². The fourth-order valence-corrected chi connectivity index (χ4v) is 1.36. The average molecular weight is 227 g/mol. The minimum atomic E-state index is -0.306. The molecule has 0 aliphatic heterocycles. The van der Waals surface area contributed by atoms with Gasteiger partial charge in [-0.2, -0.15) is 4.98 Å². The van der Waals surface area contributed by atoms with Gasteiger partial charge in [-0.25, -0.2) is 0 Å². The standard InChI is InChI=1S/C10H17N3O3/c1-7-5-13(10(11)12-9(7)15)4-3-8(6-14)16-2/h5,8,14H,3-4,6H2,1-2H3,(H2,11,12,15). The van der Waals surface area contributed by atoms with Crippen LogP contribution in [0.2, 0.25) is 0 Å². The van der Waals surface area contributed by atoms with Crippen molar-refractivity contribution in [2.75, 3.05) is 19.5 Å². The van der Waals surface area contributed by atoms with Gasteiger partial charge in [0.05, 0.1) is 12.7 Å². The minimum absolute atomic E-state index is 0.0387. The lowest BCUT2D eigenvalue weighted by atomic mass is 10.2. The van der Waals surface area contributed by atoms with E-state index in [0.717, 1.165) is 0 Å². The number of hydrogen-bond donors (Lipinski definition) is 2. The Morgan fingerprint density at radius 1 is 1.69 bits per heavy atom. The van der Waals surface area contributed by atoms with Crippen LogP contribution < -0.4 is 11.3 Å². The van der Waals surface area contributed by atoms with E-state index in [4.69, 9.17) is 15.6 Å². The lowest BCUT2D eigenvalue weighted by molar-refractivity contribution is 0.0404. The van der Waals surface area contributed by atoms with Gasteiger partial charge in [-0.3, -0.25) is 4.79 Å². The van der Waals surface area contributed by atoms with Gasteiger partial charge in [0.25, 0.3) is 5.56 Å². The molecule has 0 aliphatic rings. The molecule has 16 heavy (non-hydrogen) atoms. The second-order valence-corrected chi connectivity index (χ2v) is 3.61. The van der Waals surface area contributed by atoms with E-state index in [-0.39, 0.29) is 24.2 Å². The van der Waals surface area contributed by atoms with Crippen LogP contribution in [0.1, 0.15) is 12.0 Å². The molecule has 0 saturated carbocycles. The fraction of sp³-hybridized carbons (Fsp3) is 0.600. The molecule has 0 saturated heterocycles. The van der Waals surface area contributed by atoms with Crippen LogP contribution in [-0.2, 0) is 11.3 Å². The normalized spacial score (nSPS) is 12.7. The van der Waals surface area contributed by atoms with Gasteiger partial charge in [0.2, 0.25) is 5.95 Å². The monoisotopic (exact) mass is 227 g/mol. The summed E-state index contributed by atoms with van der Waals surface area (Å²) >= 11 is 0. The smallest absolute Gasteiger partial charge is 0.277 e. The molecule has 1 atom stereocenters. The van der Waals surface area contributed by atoms with Crippen molar-refractivity contribution in [2.45, 2.75) is 26.0 Å². The van der Waals surface area contributed by atoms with Gasteiger partial charge in [0.15, 0.2) is 0 Å². The molecule has 1 aromatic heterocycles. The van der Waals surface area contributed by atoms with Crippen LogP contribution in [0.5, 0.6) is 0 Å². The first-order chi connectivity index (χ1) is 7.58. The summed E-state index contributed by atoms with van der Waals surface area (Å²) in [5, 5.41) is 8.94. The highest BCUT2D eigenvalue weighted by Crippen LogP contribution is 2.03. The Kier molecular flexibility index (Phi) is 4.45. The number of hydrogen-bond acceptors (Lipinski definition) is 5. The van der Waals surface area contributed by atoms with Gasteiger partial charge in [-0.15, -0.1) is 0 Å². The summed E-state index contributed by atoms with van der Waals surface area (Å²) in [7, 11) is 1.54. The zero-order chi connectivity index (χ0) is 12.1. The molecule has 90 valence electrons. The Hall–Kier alpha value is -1.40. The summed E-state index contributed by atoms with van der Waals surface area (Å²) in [6.07, 6.45) is 2.05. The van der Waals surface area contributed by atoms with Gasteiger partial charge >= 0.3 is 0 Å². The highest BCUT2D eigenvalue weighted by Gasteiger charge is 2.07. The molecule has 6 heteroatoms. The van der Waals surface area contributed by atoms with Gasteiger partial charge in [0.1, 0.15) is 0 Å². The second-order valence-electron chi connectivity index (χ2n) is 3.61. The van der Waals surface area contributed by atoms with E-state index in [1.54, 1.807) is 24.8 Å². The van der Waals surface area contributed by atoms with E-state index in [9.17, 15) is 4.79 Å². The quantitative estimate of drug-likeness (QED) is 0.709. The van der Waals surface area contributed by atoms with E-state index < -0.39 is 0 Å². The van der Waals surface area contributed by atoms with Crippen molar-refractivity contribution in [3.8, 4) is 0 Å². The Morgan fingerprint density at radius 3 is 2.94 bits per heavy atom. The number of nitrogens with two attached hydrogens (primary N) is 1. The number of nitrogen functional groups attached to an aromatic ring is 1. The molecule has 0 aromatic carbocycles. The predicted molar refractivity (Wildman–Crippen MR) is 60.1 cm³/mol. The summed E-state index contributed by atoms with van der Waals surface area (Å²) in [5.74, 6) is 0.184. The van der Waals surface area contributed by atoms with Crippen molar-refractivity contribution in [2.24, 2.45) is 0 Å². The number of aliphatic hydroxyl groups excluding tert-OH is 1. The van der Waals surface area contributed by atoms with E-state index in [1.807, 2.05) is 0 Å². The molecule has 0 bridgehead atoms. The zero-order valence-corrected chi connectivity index (χ0v) is 9.51. The Bertz CT molecular complexity index is 399. The number of anilines is 1. The first kappa shape index (κ1) is 12.7. The molecule has 0 radical (unpaired) electrons. The fourth-order valence-electron chi connectivity index (χ4n) is 1.36. The van der Waals surface area contributed by atoms with E-state index in [1.165, 1.54) is 0 Å². The van der Waals surface area contributed by atoms with Gasteiger partial charge < -0.3 is 20.1 Å². The summed E-state index contributed by atoms with van der Waals surface area (Å²) in [6.45, 7) is 2.20. The maximum atomic E-state index is 11.2. The molecule has 1 aromatic rings. The van der Waals surface area contributed by atoms with E-state index in [2.05, 4.69) is 4.98 Å².